The second kappa shape index (κ2) is 4.43. The number of hydrogen-bond donors (Lipinski definition) is 0. The fraction of sp³-hybridized carbons (Fsp3) is 0.818. The van der Waals surface area contributed by atoms with Crippen molar-refractivity contribution >= 4 is 0 Å². The summed E-state index contributed by atoms with van der Waals surface area (Å²) in [5, 5.41) is 0. The molecule has 0 aromatic rings. The molecule has 106 valence electrons. The SMILES string of the molecule is C=CC1(C)CCCCC(C(F)(F)F)(C(F)(F)F)O1. The van der Waals surface area contributed by atoms with E-state index in [1.165, 1.54) is 6.92 Å². The molecule has 1 atom stereocenters. The third kappa shape index (κ3) is 2.50. The molecule has 0 spiro atoms. The summed E-state index contributed by atoms with van der Waals surface area (Å²) in [4.78, 5) is 0. The van der Waals surface area contributed by atoms with Crippen LogP contribution in [-0.2, 0) is 4.74 Å². The van der Waals surface area contributed by atoms with Gasteiger partial charge in [-0.2, -0.15) is 26.3 Å². The summed E-state index contributed by atoms with van der Waals surface area (Å²) >= 11 is 0. The summed E-state index contributed by atoms with van der Waals surface area (Å²) < 4.78 is 81.7. The number of hydrogen-bond acceptors (Lipinski definition) is 1. The number of ether oxygens (including phenoxy) is 1. The summed E-state index contributed by atoms with van der Waals surface area (Å²) in [5.74, 6) is 0. The van der Waals surface area contributed by atoms with Crippen molar-refractivity contribution in [2.45, 2.75) is 56.2 Å². The summed E-state index contributed by atoms with van der Waals surface area (Å²) in [6, 6.07) is 0. The van der Waals surface area contributed by atoms with Crippen molar-refractivity contribution in [3.8, 4) is 0 Å². The van der Waals surface area contributed by atoms with Gasteiger partial charge in [-0.25, -0.2) is 0 Å². The zero-order valence-corrected chi connectivity index (χ0v) is 9.79. The molecule has 1 unspecified atom stereocenters. The molecule has 0 saturated carbocycles. The number of alkyl halides is 6. The van der Waals surface area contributed by atoms with Gasteiger partial charge >= 0.3 is 12.4 Å². The molecule has 1 rings (SSSR count). The Morgan fingerprint density at radius 1 is 1.00 bits per heavy atom. The van der Waals surface area contributed by atoms with E-state index in [-0.39, 0.29) is 19.3 Å². The monoisotopic (exact) mass is 276 g/mol. The van der Waals surface area contributed by atoms with Crippen molar-refractivity contribution in [3.63, 3.8) is 0 Å². The Balaban J connectivity index is 3.29. The molecule has 0 aromatic heterocycles. The highest BCUT2D eigenvalue weighted by Gasteiger charge is 2.73. The molecular formula is C11H14F6O. The lowest BCUT2D eigenvalue weighted by molar-refractivity contribution is -0.396. The van der Waals surface area contributed by atoms with Crippen LogP contribution in [-0.4, -0.2) is 23.6 Å². The topological polar surface area (TPSA) is 9.23 Å². The van der Waals surface area contributed by atoms with Crippen molar-refractivity contribution < 1.29 is 31.1 Å². The van der Waals surface area contributed by atoms with Gasteiger partial charge in [0.2, 0.25) is 0 Å². The Morgan fingerprint density at radius 2 is 1.44 bits per heavy atom. The Labute approximate surface area is 101 Å². The first-order valence-electron chi connectivity index (χ1n) is 5.45. The highest BCUT2D eigenvalue weighted by atomic mass is 19.4. The van der Waals surface area contributed by atoms with Gasteiger partial charge in [-0.1, -0.05) is 12.5 Å². The molecule has 1 nitrogen and oxygen atoms in total. The average molecular weight is 276 g/mol. The van der Waals surface area contributed by atoms with Gasteiger partial charge in [0.15, 0.2) is 0 Å². The second-order valence-corrected chi connectivity index (χ2v) is 4.65. The van der Waals surface area contributed by atoms with E-state index in [9.17, 15) is 26.3 Å². The van der Waals surface area contributed by atoms with Crippen LogP contribution in [0.25, 0.3) is 0 Å². The lowest BCUT2D eigenvalue weighted by atomic mass is 9.95. The van der Waals surface area contributed by atoms with Crippen molar-refractivity contribution in [3.05, 3.63) is 12.7 Å². The summed E-state index contributed by atoms with van der Waals surface area (Å²) in [6.07, 6.45) is -11.0. The Kier molecular flexibility index (Phi) is 3.78. The molecule has 0 radical (unpaired) electrons. The molecule has 0 aromatic carbocycles. The fourth-order valence-electron chi connectivity index (χ4n) is 2.05. The van der Waals surface area contributed by atoms with Gasteiger partial charge in [-0.15, -0.1) is 6.58 Å². The third-order valence-electron chi connectivity index (χ3n) is 3.21. The van der Waals surface area contributed by atoms with Crippen LogP contribution >= 0.6 is 0 Å². The average Bonchev–Trinajstić information content (AvgIpc) is 2.37. The lowest BCUT2D eigenvalue weighted by Gasteiger charge is -2.41. The third-order valence-corrected chi connectivity index (χ3v) is 3.21. The number of rotatable bonds is 1. The van der Waals surface area contributed by atoms with Crippen molar-refractivity contribution in [2.24, 2.45) is 0 Å². The molecule has 18 heavy (non-hydrogen) atoms. The van der Waals surface area contributed by atoms with E-state index in [1.807, 2.05) is 0 Å². The van der Waals surface area contributed by atoms with Gasteiger partial charge in [-0.3, -0.25) is 0 Å². The quantitative estimate of drug-likeness (QED) is 0.510. The molecule has 7 heteroatoms. The molecule has 0 aliphatic carbocycles. The highest BCUT2D eigenvalue weighted by Crippen LogP contribution is 2.52. The van der Waals surface area contributed by atoms with E-state index in [1.54, 1.807) is 0 Å². The minimum atomic E-state index is -5.50. The fourth-order valence-corrected chi connectivity index (χ4v) is 2.05. The molecular weight excluding hydrogens is 262 g/mol. The molecule has 1 aliphatic rings. The van der Waals surface area contributed by atoms with Gasteiger partial charge in [-0.05, 0) is 26.2 Å². The number of halogens is 6. The van der Waals surface area contributed by atoms with E-state index in [2.05, 4.69) is 11.3 Å². The lowest BCUT2D eigenvalue weighted by Crippen LogP contribution is -2.61. The molecule has 0 N–H and O–H groups in total. The van der Waals surface area contributed by atoms with Crippen molar-refractivity contribution in [1.82, 2.24) is 0 Å². The molecule has 1 heterocycles. The zero-order chi connectivity index (χ0) is 14.2. The normalized spacial score (nSPS) is 29.7. The summed E-state index contributed by atoms with van der Waals surface area (Å²) in [6.45, 7) is 4.46. The van der Waals surface area contributed by atoms with E-state index in [4.69, 9.17) is 0 Å². The first-order valence-corrected chi connectivity index (χ1v) is 5.45. The summed E-state index contributed by atoms with van der Waals surface area (Å²) in [5.41, 5.74) is -5.72. The highest BCUT2D eigenvalue weighted by molar-refractivity contribution is 5.05. The van der Waals surface area contributed by atoms with Crippen LogP contribution in [0.5, 0.6) is 0 Å². The smallest absolute Gasteiger partial charge is 0.347 e. The van der Waals surface area contributed by atoms with Gasteiger partial charge in [0.1, 0.15) is 0 Å². The van der Waals surface area contributed by atoms with Crippen LogP contribution in [0.15, 0.2) is 12.7 Å². The predicted octanol–water partition coefficient (Wildman–Crippen LogP) is 4.39. The van der Waals surface area contributed by atoms with Crippen LogP contribution in [0.2, 0.25) is 0 Å². The van der Waals surface area contributed by atoms with Gasteiger partial charge < -0.3 is 4.74 Å². The maximum Gasteiger partial charge on any atom is 0.426 e. The standard InChI is InChI=1S/C11H14F6O/c1-3-8(2)6-4-5-7-9(18-8,10(12,13)14)11(15,16)17/h3H,1,4-7H2,2H3. The van der Waals surface area contributed by atoms with Crippen LogP contribution in [0.1, 0.15) is 32.6 Å². The molecule has 0 bridgehead atoms. The van der Waals surface area contributed by atoms with Crippen LogP contribution in [0.4, 0.5) is 26.3 Å². The van der Waals surface area contributed by atoms with Crippen LogP contribution in [0.3, 0.4) is 0 Å². The van der Waals surface area contributed by atoms with Crippen LogP contribution < -0.4 is 0 Å². The Morgan fingerprint density at radius 3 is 1.83 bits per heavy atom. The molecule has 0 amide bonds. The van der Waals surface area contributed by atoms with Gasteiger partial charge in [0.25, 0.3) is 5.60 Å². The predicted molar refractivity (Wildman–Crippen MR) is 53.0 cm³/mol. The molecule has 1 aliphatic heterocycles. The van der Waals surface area contributed by atoms with Gasteiger partial charge in [0, 0.05) is 0 Å². The van der Waals surface area contributed by atoms with Gasteiger partial charge in [0.05, 0.1) is 5.60 Å². The minimum absolute atomic E-state index is 0.0877. The summed E-state index contributed by atoms with van der Waals surface area (Å²) in [7, 11) is 0. The van der Waals surface area contributed by atoms with Crippen LogP contribution in [0, 0.1) is 0 Å². The second-order valence-electron chi connectivity index (χ2n) is 4.65. The first kappa shape index (κ1) is 15.3. The largest absolute Gasteiger partial charge is 0.426 e. The Bertz CT molecular complexity index is 304. The maximum atomic E-state index is 12.9. The van der Waals surface area contributed by atoms with E-state index < -0.39 is 30.0 Å². The van der Waals surface area contributed by atoms with E-state index in [0.717, 1.165) is 6.08 Å². The first-order chi connectivity index (χ1) is 7.97. The van der Waals surface area contributed by atoms with E-state index >= 15 is 0 Å². The van der Waals surface area contributed by atoms with Crippen molar-refractivity contribution in [1.29, 1.82) is 0 Å². The van der Waals surface area contributed by atoms with Crippen molar-refractivity contribution in [2.75, 3.05) is 0 Å². The minimum Gasteiger partial charge on any atom is -0.347 e. The zero-order valence-electron chi connectivity index (χ0n) is 9.79. The molecule has 1 fully saturated rings. The maximum absolute atomic E-state index is 12.9. The molecule has 1 saturated heterocycles. The van der Waals surface area contributed by atoms with E-state index in [0.29, 0.717) is 0 Å². The Hall–Kier alpha value is -0.720.